The molecule has 1 amide bonds. The Balaban J connectivity index is 2.14. The number of amides is 1. The molecule has 20 heavy (non-hydrogen) atoms. The van der Waals surface area contributed by atoms with E-state index >= 15 is 0 Å². The molecule has 1 aliphatic heterocycles. The molecule has 1 aliphatic rings. The number of nitrogens with zero attached hydrogens (tertiary/aromatic N) is 1. The van der Waals surface area contributed by atoms with E-state index in [2.05, 4.69) is 6.58 Å². The number of halogens is 1. The summed E-state index contributed by atoms with van der Waals surface area (Å²) < 4.78 is 13.8. The Morgan fingerprint density at radius 2 is 2.00 bits per heavy atom. The zero-order valence-electron chi connectivity index (χ0n) is 11.0. The zero-order valence-corrected chi connectivity index (χ0v) is 11.0. The minimum atomic E-state index is -1.21. The number of aromatic carboxylic acids is 1. The summed E-state index contributed by atoms with van der Waals surface area (Å²) in [6, 6.07) is 3.36. The first-order chi connectivity index (χ1) is 9.52. The van der Waals surface area contributed by atoms with E-state index in [0.717, 1.165) is 18.9 Å². The van der Waals surface area contributed by atoms with Gasteiger partial charge >= 0.3 is 5.97 Å². The molecule has 2 rings (SSSR count). The van der Waals surface area contributed by atoms with Gasteiger partial charge in [-0.2, -0.15) is 0 Å². The molecule has 5 heteroatoms. The van der Waals surface area contributed by atoms with Gasteiger partial charge in [0.15, 0.2) is 0 Å². The summed E-state index contributed by atoms with van der Waals surface area (Å²) in [4.78, 5) is 24.5. The fourth-order valence-corrected chi connectivity index (χ4v) is 2.33. The number of carbonyl (C=O) groups is 2. The maximum absolute atomic E-state index is 13.8. The lowest BCUT2D eigenvalue weighted by Crippen LogP contribution is -2.38. The highest BCUT2D eigenvalue weighted by Gasteiger charge is 2.24. The topological polar surface area (TPSA) is 57.6 Å². The van der Waals surface area contributed by atoms with E-state index in [0.29, 0.717) is 19.0 Å². The maximum Gasteiger partial charge on any atom is 0.335 e. The third-order valence-electron chi connectivity index (χ3n) is 3.61. The van der Waals surface area contributed by atoms with E-state index < -0.39 is 11.8 Å². The zero-order chi connectivity index (χ0) is 14.7. The molecule has 0 unspecified atom stereocenters. The second-order valence-corrected chi connectivity index (χ2v) is 4.87. The highest BCUT2D eigenvalue weighted by Crippen LogP contribution is 2.21. The first-order valence-electron chi connectivity index (χ1n) is 6.47. The van der Waals surface area contributed by atoms with Crippen LogP contribution in [-0.2, 0) is 0 Å². The number of carboxylic acid groups (broad SMARTS) is 1. The second-order valence-electron chi connectivity index (χ2n) is 4.87. The third-order valence-corrected chi connectivity index (χ3v) is 3.61. The largest absolute Gasteiger partial charge is 0.478 e. The molecule has 0 saturated carbocycles. The molecule has 0 bridgehead atoms. The van der Waals surface area contributed by atoms with Gasteiger partial charge in [0.25, 0.3) is 5.91 Å². The van der Waals surface area contributed by atoms with Gasteiger partial charge in [-0.3, -0.25) is 4.79 Å². The highest BCUT2D eigenvalue weighted by molar-refractivity contribution is 5.96. The molecule has 0 aromatic heterocycles. The van der Waals surface area contributed by atoms with E-state index in [9.17, 15) is 14.0 Å². The minimum absolute atomic E-state index is 0.0768. The maximum atomic E-state index is 13.8. The third kappa shape index (κ3) is 2.87. The molecule has 1 N–H and O–H groups in total. The van der Waals surface area contributed by atoms with Crippen LogP contribution in [0, 0.1) is 11.7 Å². The summed E-state index contributed by atoms with van der Waals surface area (Å²) in [7, 11) is 0. The molecule has 106 valence electrons. The van der Waals surface area contributed by atoms with Crippen molar-refractivity contribution in [2.24, 2.45) is 5.92 Å². The van der Waals surface area contributed by atoms with Crippen LogP contribution in [-0.4, -0.2) is 35.0 Å². The van der Waals surface area contributed by atoms with Crippen LogP contribution >= 0.6 is 0 Å². The standard InChI is InChI=1S/C15H16FNO3/c1-2-10-5-7-17(8-6-10)14(18)12-4-3-11(15(19)20)9-13(12)16/h2-4,9-10H,1,5-8H2,(H,19,20). The lowest BCUT2D eigenvalue weighted by molar-refractivity contribution is 0.0683. The lowest BCUT2D eigenvalue weighted by Gasteiger charge is -2.30. The van der Waals surface area contributed by atoms with Crippen LogP contribution in [0.3, 0.4) is 0 Å². The monoisotopic (exact) mass is 277 g/mol. The molecule has 1 fully saturated rings. The summed E-state index contributed by atoms with van der Waals surface area (Å²) in [5.41, 5.74) is -0.239. The quantitative estimate of drug-likeness (QED) is 0.864. The highest BCUT2D eigenvalue weighted by atomic mass is 19.1. The van der Waals surface area contributed by atoms with Gasteiger partial charge in [0.1, 0.15) is 5.82 Å². The Morgan fingerprint density at radius 3 is 2.50 bits per heavy atom. The molecular weight excluding hydrogens is 261 g/mol. The van der Waals surface area contributed by atoms with E-state index in [1.54, 1.807) is 4.90 Å². The molecular formula is C15H16FNO3. The first kappa shape index (κ1) is 14.2. The van der Waals surface area contributed by atoms with Gasteiger partial charge in [0.05, 0.1) is 11.1 Å². The minimum Gasteiger partial charge on any atom is -0.478 e. The number of likely N-dealkylation sites (tertiary alicyclic amines) is 1. The smallest absolute Gasteiger partial charge is 0.335 e. The van der Waals surface area contributed by atoms with Crippen molar-refractivity contribution in [1.29, 1.82) is 0 Å². The van der Waals surface area contributed by atoms with E-state index in [4.69, 9.17) is 5.11 Å². The SMILES string of the molecule is C=CC1CCN(C(=O)c2ccc(C(=O)O)cc2F)CC1. The van der Waals surface area contributed by atoms with Crippen LogP contribution in [0.4, 0.5) is 4.39 Å². The van der Waals surface area contributed by atoms with Gasteiger partial charge in [-0.1, -0.05) is 6.08 Å². The second kappa shape index (κ2) is 5.86. The number of piperidine rings is 1. The predicted molar refractivity (Wildman–Crippen MR) is 72.2 cm³/mol. The molecule has 4 nitrogen and oxygen atoms in total. The Hall–Kier alpha value is -2.17. The van der Waals surface area contributed by atoms with Gasteiger partial charge in [-0.05, 0) is 37.0 Å². The van der Waals surface area contributed by atoms with Crippen LogP contribution in [0.25, 0.3) is 0 Å². The number of rotatable bonds is 3. The van der Waals surface area contributed by atoms with Gasteiger partial charge in [0.2, 0.25) is 0 Å². The number of hydrogen-bond acceptors (Lipinski definition) is 2. The van der Waals surface area contributed by atoms with Crippen molar-refractivity contribution in [2.45, 2.75) is 12.8 Å². The molecule has 0 radical (unpaired) electrons. The molecule has 0 spiro atoms. The Labute approximate surface area is 116 Å². The van der Waals surface area contributed by atoms with Crippen molar-refractivity contribution in [3.63, 3.8) is 0 Å². The van der Waals surface area contributed by atoms with Crippen LogP contribution in [0.2, 0.25) is 0 Å². The van der Waals surface area contributed by atoms with Crippen molar-refractivity contribution in [3.8, 4) is 0 Å². The molecule has 1 saturated heterocycles. The van der Waals surface area contributed by atoms with E-state index in [1.807, 2.05) is 6.08 Å². The van der Waals surface area contributed by atoms with Crippen molar-refractivity contribution >= 4 is 11.9 Å². The Kier molecular flexibility index (Phi) is 4.17. The molecule has 1 aromatic carbocycles. The van der Waals surface area contributed by atoms with E-state index in [-0.39, 0.29) is 17.0 Å². The van der Waals surface area contributed by atoms with E-state index in [1.165, 1.54) is 12.1 Å². The summed E-state index contributed by atoms with van der Waals surface area (Å²) in [5, 5.41) is 8.77. The molecule has 1 aromatic rings. The van der Waals surface area contributed by atoms with Crippen LogP contribution in [0.1, 0.15) is 33.6 Å². The molecule has 0 aliphatic carbocycles. The summed E-state index contributed by atoms with van der Waals surface area (Å²) >= 11 is 0. The fraction of sp³-hybridized carbons (Fsp3) is 0.333. The number of benzene rings is 1. The van der Waals surface area contributed by atoms with Gasteiger partial charge in [-0.25, -0.2) is 9.18 Å². The summed E-state index contributed by atoms with van der Waals surface area (Å²) in [6.45, 7) is 4.86. The van der Waals surface area contributed by atoms with Crippen molar-refractivity contribution in [2.75, 3.05) is 13.1 Å². The number of carbonyl (C=O) groups excluding carboxylic acids is 1. The van der Waals surface area contributed by atoms with Gasteiger partial charge in [0, 0.05) is 13.1 Å². The predicted octanol–water partition coefficient (Wildman–Crippen LogP) is 2.56. The van der Waals surface area contributed by atoms with Crippen LogP contribution < -0.4 is 0 Å². The Morgan fingerprint density at radius 1 is 1.35 bits per heavy atom. The first-order valence-corrected chi connectivity index (χ1v) is 6.47. The van der Waals surface area contributed by atoms with Crippen molar-refractivity contribution in [1.82, 2.24) is 4.90 Å². The average molecular weight is 277 g/mol. The molecule has 0 atom stereocenters. The number of hydrogen-bond donors (Lipinski definition) is 1. The average Bonchev–Trinajstić information content (AvgIpc) is 2.46. The summed E-state index contributed by atoms with van der Waals surface area (Å²) in [5.74, 6) is -1.99. The Bertz CT molecular complexity index is 548. The fourth-order valence-electron chi connectivity index (χ4n) is 2.33. The van der Waals surface area contributed by atoms with Crippen molar-refractivity contribution < 1.29 is 19.1 Å². The van der Waals surface area contributed by atoms with Crippen LogP contribution in [0.5, 0.6) is 0 Å². The van der Waals surface area contributed by atoms with Gasteiger partial charge in [-0.15, -0.1) is 6.58 Å². The van der Waals surface area contributed by atoms with Gasteiger partial charge < -0.3 is 10.0 Å². The van der Waals surface area contributed by atoms with Crippen LogP contribution in [0.15, 0.2) is 30.9 Å². The summed E-state index contributed by atoms with van der Waals surface area (Å²) in [6.07, 6.45) is 3.53. The molecule has 1 heterocycles. The van der Waals surface area contributed by atoms with Crippen molar-refractivity contribution in [3.05, 3.63) is 47.8 Å². The number of carboxylic acids is 1. The lowest BCUT2D eigenvalue weighted by atomic mass is 9.96. The number of allylic oxidation sites excluding steroid dienone is 1. The normalized spacial score (nSPS) is 15.9.